The van der Waals surface area contributed by atoms with Crippen molar-refractivity contribution in [2.75, 3.05) is 0 Å². The molecule has 0 atom stereocenters. The van der Waals surface area contributed by atoms with Crippen molar-refractivity contribution in [1.29, 1.82) is 0 Å². The van der Waals surface area contributed by atoms with Crippen LogP contribution < -0.4 is 0 Å². The Kier molecular flexibility index (Phi) is 3.17. The molecule has 3 nitrogen and oxygen atoms in total. The highest BCUT2D eigenvalue weighted by Gasteiger charge is 2.32. The number of carbonyl (C=O) groups is 2. The maximum Gasteiger partial charge on any atom is 0.197 e. The van der Waals surface area contributed by atoms with Crippen LogP contribution in [-0.4, -0.2) is 16.7 Å². The Hall–Kier alpha value is -1.95. The number of carbonyl (C=O) groups excluding carboxylic acids is 2. The summed E-state index contributed by atoms with van der Waals surface area (Å²) in [5.74, 6) is -0.303. The van der Waals surface area contributed by atoms with Crippen molar-refractivity contribution < 1.29 is 14.7 Å². The molecule has 0 aromatic heterocycles. The molecule has 1 aliphatic rings. The van der Waals surface area contributed by atoms with Gasteiger partial charge in [-0.25, -0.2) is 0 Å². The van der Waals surface area contributed by atoms with Gasteiger partial charge in [-0.05, 0) is 46.4 Å². The standard InChI is InChI=1S/C16H9IO3/c17-13-8-9(5-6-14(13)18)7-12-15(19)10-3-1-2-4-11(10)16(12)20/h1-8,18H. The fourth-order valence-electron chi connectivity index (χ4n) is 2.18. The van der Waals surface area contributed by atoms with E-state index in [1.807, 2.05) is 22.6 Å². The van der Waals surface area contributed by atoms with E-state index in [0.29, 0.717) is 14.7 Å². The first-order chi connectivity index (χ1) is 9.58. The van der Waals surface area contributed by atoms with E-state index in [0.717, 1.165) is 5.56 Å². The Morgan fingerprint density at radius 1 is 0.950 bits per heavy atom. The predicted octanol–water partition coefficient (Wildman–Crippen LogP) is 3.46. The number of halogens is 1. The van der Waals surface area contributed by atoms with Crippen molar-refractivity contribution in [2.24, 2.45) is 0 Å². The summed E-state index contributed by atoms with van der Waals surface area (Å²) in [5.41, 5.74) is 1.80. The van der Waals surface area contributed by atoms with E-state index in [2.05, 4.69) is 0 Å². The zero-order chi connectivity index (χ0) is 14.3. The van der Waals surface area contributed by atoms with Crippen LogP contribution in [0.15, 0.2) is 48.0 Å². The van der Waals surface area contributed by atoms with Crippen LogP contribution in [0, 0.1) is 3.57 Å². The van der Waals surface area contributed by atoms with Gasteiger partial charge in [0.05, 0.1) is 9.14 Å². The van der Waals surface area contributed by atoms with Crippen molar-refractivity contribution in [3.63, 3.8) is 0 Å². The smallest absolute Gasteiger partial charge is 0.197 e. The number of aromatic hydroxyl groups is 1. The largest absolute Gasteiger partial charge is 0.507 e. The normalized spacial score (nSPS) is 13.6. The van der Waals surface area contributed by atoms with Crippen LogP contribution >= 0.6 is 22.6 Å². The zero-order valence-corrected chi connectivity index (χ0v) is 12.4. The molecule has 1 aliphatic carbocycles. The summed E-state index contributed by atoms with van der Waals surface area (Å²) >= 11 is 2.00. The summed E-state index contributed by atoms with van der Waals surface area (Å²) in [7, 11) is 0. The number of Topliss-reactive ketones (excluding diaryl/α,β-unsaturated/α-hetero) is 2. The van der Waals surface area contributed by atoms with Gasteiger partial charge in [0.15, 0.2) is 11.6 Å². The fraction of sp³-hybridized carbons (Fsp3) is 0. The third kappa shape index (κ3) is 2.06. The number of allylic oxidation sites excluding steroid dienone is 1. The molecule has 0 bridgehead atoms. The van der Waals surface area contributed by atoms with E-state index < -0.39 is 0 Å². The molecule has 0 saturated heterocycles. The second-order valence-corrected chi connectivity index (χ2v) is 5.63. The number of ketones is 2. The van der Waals surface area contributed by atoms with Crippen LogP contribution in [0.5, 0.6) is 5.75 Å². The highest BCUT2D eigenvalue weighted by molar-refractivity contribution is 14.1. The first-order valence-corrected chi connectivity index (χ1v) is 7.04. The molecule has 0 spiro atoms. The van der Waals surface area contributed by atoms with E-state index >= 15 is 0 Å². The molecule has 0 aliphatic heterocycles. The Labute approximate surface area is 129 Å². The minimum Gasteiger partial charge on any atom is -0.507 e. The van der Waals surface area contributed by atoms with Crippen molar-refractivity contribution in [3.8, 4) is 5.75 Å². The Morgan fingerprint density at radius 3 is 2.10 bits per heavy atom. The molecule has 20 heavy (non-hydrogen) atoms. The van der Waals surface area contributed by atoms with Gasteiger partial charge in [0.1, 0.15) is 5.75 Å². The molecule has 2 aromatic rings. The number of fused-ring (bicyclic) bond motifs is 1. The summed E-state index contributed by atoms with van der Waals surface area (Å²) < 4.78 is 0.673. The lowest BCUT2D eigenvalue weighted by Crippen LogP contribution is -2.00. The Bertz CT molecular complexity index is 738. The average molecular weight is 376 g/mol. The van der Waals surface area contributed by atoms with E-state index in [4.69, 9.17) is 0 Å². The summed E-state index contributed by atoms with van der Waals surface area (Å²) in [5, 5.41) is 9.49. The summed E-state index contributed by atoms with van der Waals surface area (Å²) in [6.07, 6.45) is 1.58. The quantitative estimate of drug-likeness (QED) is 0.471. The minimum absolute atomic E-state index is 0.174. The molecule has 4 heteroatoms. The van der Waals surface area contributed by atoms with E-state index in [1.165, 1.54) is 0 Å². The first kappa shape index (κ1) is 13.1. The molecular formula is C16H9IO3. The lowest BCUT2D eigenvalue weighted by molar-refractivity contribution is 0.0990. The molecule has 3 rings (SSSR count). The monoisotopic (exact) mass is 376 g/mol. The fourth-order valence-corrected chi connectivity index (χ4v) is 2.72. The number of phenols is 1. The molecular weight excluding hydrogens is 367 g/mol. The van der Waals surface area contributed by atoms with Crippen LogP contribution in [0.3, 0.4) is 0 Å². The minimum atomic E-state index is -0.242. The van der Waals surface area contributed by atoms with Crippen LogP contribution in [-0.2, 0) is 0 Å². The molecule has 98 valence electrons. The van der Waals surface area contributed by atoms with Gasteiger partial charge in [-0.3, -0.25) is 9.59 Å². The second kappa shape index (κ2) is 4.86. The Morgan fingerprint density at radius 2 is 1.55 bits per heavy atom. The van der Waals surface area contributed by atoms with Crippen molar-refractivity contribution in [3.05, 3.63) is 68.3 Å². The van der Waals surface area contributed by atoms with Crippen molar-refractivity contribution >= 4 is 40.2 Å². The van der Waals surface area contributed by atoms with E-state index in [9.17, 15) is 14.7 Å². The molecule has 0 amide bonds. The van der Waals surface area contributed by atoms with Gasteiger partial charge in [-0.15, -0.1) is 0 Å². The van der Waals surface area contributed by atoms with E-state index in [-0.39, 0.29) is 22.9 Å². The molecule has 0 radical (unpaired) electrons. The Balaban J connectivity index is 2.08. The van der Waals surface area contributed by atoms with Crippen LogP contribution in [0.1, 0.15) is 26.3 Å². The number of hydrogen-bond acceptors (Lipinski definition) is 3. The van der Waals surface area contributed by atoms with Gasteiger partial charge in [-0.1, -0.05) is 30.3 Å². The zero-order valence-electron chi connectivity index (χ0n) is 10.3. The van der Waals surface area contributed by atoms with Crippen LogP contribution in [0.4, 0.5) is 0 Å². The number of rotatable bonds is 1. The van der Waals surface area contributed by atoms with Gasteiger partial charge in [-0.2, -0.15) is 0 Å². The maximum atomic E-state index is 12.2. The van der Waals surface area contributed by atoms with Crippen LogP contribution in [0.2, 0.25) is 0 Å². The molecule has 2 aromatic carbocycles. The molecule has 0 heterocycles. The van der Waals surface area contributed by atoms with Gasteiger partial charge in [0, 0.05) is 11.1 Å². The SMILES string of the molecule is O=C1C(=Cc2ccc(O)c(I)c2)C(=O)c2ccccc21. The molecule has 0 unspecified atom stereocenters. The summed E-state index contributed by atoms with van der Waals surface area (Å²) in [4.78, 5) is 24.4. The third-order valence-electron chi connectivity index (χ3n) is 3.19. The number of phenolic OH excluding ortho intramolecular Hbond substituents is 1. The lowest BCUT2D eigenvalue weighted by Gasteiger charge is -1.99. The highest BCUT2D eigenvalue weighted by atomic mass is 127. The average Bonchev–Trinajstić information content (AvgIpc) is 2.69. The maximum absolute atomic E-state index is 12.2. The topological polar surface area (TPSA) is 54.4 Å². The second-order valence-electron chi connectivity index (χ2n) is 4.47. The van der Waals surface area contributed by atoms with Gasteiger partial charge < -0.3 is 5.11 Å². The lowest BCUT2D eigenvalue weighted by atomic mass is 10.1. The van der Waals surface area contributed by atoms with E-state index in [1.54, 1.807) is 48.5 Å². The predicted molar refractivity (Wildman–Crippen MR) is 83.9 cm³/mol. The number of benzene rings is 2. The van der Waals surface area contributed by atoms with Crippen molar-refractivity contribution in [2.45, 2.75) is 0 Å². The van der Waals surface area contributed by atoms with Crippen LogP contribution in [0.25, 0.3) is 6.08 Å². The van der Waals surface area contributed by atoms with Gasteiger partial charge in [0.2, 0.25) is 0 Å². The van der Waals surface area contributed by atoms with Gasteiger partial charge >= 0.3 is 0 Å². The third-order valence-corrected chi connectivity index (χ3v) is 4.05. The molecule has 0 saturated carbocycles. The summed E-state index contributed by atoms with van der Waals surface area (Å²) in [6, 6.07) is 11.8. The highest BCUT2D eigenvalue weighted by Crippen LogP contribution is 2.28. The first-order valence-electron chi connectivity index (χ1n) is 5.96. The van der Waals surface area contributed by atoms with Crippen molar-refractivity contribution in [1.82, 2.24) is 0 Å². The summed E-state index contributed by atoms with van der Waals surface area (Å²) in [6.45, 7) is 0. The number of hydrogen-bond donors (Lipinski definition) is 1. The van der Waals surface area contributed by atoms with Gasteiger partial charge in [0.25, 0.3) is 0 Å². The molecule has 1 N–H and O–H groups in total. The molecule has 0 fully saturated rings.